The predicted octanol–water partition coefficient (Wildman–Crippen LogP) is 4.90. The molecule has 0 spiro atoms. The molecule has 2 aromatic heterocycles. The van der Waals surface area contributed by atoms with Crippen LogP contribution in [0.2, 0.25) is 0 Å². The minimum Gasteiger partial charge on any atom is -0.325 e. The molecular formula is C28H18F4N4O4S2. The number of rotatable bonds is 5. The van der Waals surface area contributed by atoms with Gasteiger partial charge in [-0.3, -0.25) is 28.7 Å². The number of anilines is 2. The van der Waals surface area contributed by atoms with Crippen LogP contribution in [0.15, 0.2) is 82.9 Å². The number of imide groups is 1. The van der Waals surface area contributed by atoms with Crippen molar-refractivity contribution in [2.75, 3.05) is 10.2 Å². The van der Waals surface area contributed by atoms with Gasteiger partial charge in [-0.15, -0.1) is 0 Å². The first-order chi connectivity index (χ1) is 20.0. The quantitative estimate of drug-likeness (QED) is 0.254. The van der Waals surface area contributed by atoms with Gasteiger partial charge >= 0.3 is 11.0 Å². The molecule has 3 amide bonds. The second kappa shape index (κ2) is 10.5. The Labute approximate surface area is 243 Å². The molecule has 0 bridgehead atoms. The van der Waals surface area contributed by atoms with Crippen molar-refractivity contribution in [3.63, 3.8) is 0 Å². The van der Waals surface area contributed by atoms with Crippen molar-refractivity contribution >= 4 is 52.2 Å². The highest BCUT2D eigenvalue weighted by Gasteiger charge is 2.57. The van der Waals surface area contributed by atoms with Crippen molar-refractivity contribution in [1.29, 1.82) is 0 Å². The van der Waals surface area contributed by atoms with E-state index in [0.717, 1.165) is 46.2 Å². The van der Waals surface area contributed by atoms with Crippen LogP contribution in [-0.4, -0.2) is 32.5 Å². The summed E-state index contributed by atoms with van der Waals surface area (Å²) in [6.07, 6.45) is -1.66. The van der Waals surface area contributed by atoms with Crippen LogP contribution in [0.4, 0.5) is 28.9 Å². The summed E-state index contributed by atoms with van der Waals surface area (Å²) < 4.78 is 54.7. The molecule has 3 unspecified atom stereocenters. The first-order valence-electron chi connectivity index (χ1n) is 12.4. The molecule has 42 heavy (non-hydrogen) atoms. The molecule has 4 heterocycles. The minimum absolute atomic E-state index is 0.209. The highest BCUT2D eigenvalue weighted by molar-refractivity contribution is 8.00. The van der Waals surface area contributed by atoms with Crippen LogP contribution in [0.5, 0.6) is 0 Å². The van der Waals surface area contributed by atoms with Gasteiger partial charge in [0.1, 0.15) is 17.6 Å². The number of carbonyl (C=O) groups is 3. The van der Waals surface area contributed by atoms with Crippen LogP contribution in [-0.2, 0) is 27.1 Å². The molecule has 4 aromatic rings. The molecule has 214 valence electrons. The van der Waals surface area contributed by atoms with E-state index in [-0.39, 0.29) is 5.69 Å². The highest BCUT2D eigenvalue weighted by atomic mass is 32.2. The molecule has 1 fully saturated rings. The van der Waals surface area contributed by atoms with Crippen LogP contribution in [0.1, 0.15) is 21.9 Å². The van der Waals surface area contributed by atoms with Crippen LogP contribution < -0.4 is 15.1 Å². The van der Waals surface area contributed by atoms with Crippen LogP contribution >= 0.6 is 23.1 Å². The fraction of sp³-hybridized carbons (Fsp3) is 0.179. The van der Waals surface area contributed by atoms with Crippen molar-refractivity contribution in [3.8, 4) is 0 Å². The SMILES string of the molecule is O=C(Cn1c2c(sc1=O)C(c1cccnc1)C1C(=O)N(c3cccc(C(F)(F)F)c3)C(=O)C1S2)Nc1ccc(F)cc1. The minimum atomic E-state index is -4.68. The van der Waals surface area contributed by atoms with Crippen LogP contribution in [0.3, 0.4) is 0 Å². The monoisotopic (exact) mass is 614 g/mol. The third kappa shape index (κ3) is 4.90. The number of pyridine rings is 1. The van der Waals surface area contributed by atoms with Crippen molar-refractivity contribution in [2.45, 2.75) is 28.9 Å². The summed E-state index contributed by atoms with van der Waals surface area (Å²) in [7, 11) is 0. The zero-order chi connectivity index (χ0) is 29.8. The standard InChI is InChI=1S/C28H18F4N4O4S2/c29-16-6-8-17(9-7-16)34-19(37)13-35-26-23(42-27(35)40)20(14-3-2-10-33-12-14)21-22(41-26)25(39)36(24(21)38)18-5-1-4-15(11-18)28(30,31)32/h1-12,20-22H,13H2,(H,34,37). The lowest BCUT2D eigenvalue weighted by molar-refractivity contribution is -0.137. The molecule has 0 radical (unpaired) electrons. The van der Waals surface area contributed by atoms with Gasteiger partial charge in [0, 0.05) is 28.9 Å². The number of thiazole rings is 1. The number of alkyl halides is 3. The van der Waals surface area contributed by atoms with Crippen LogP contribution in [0.25, 0.3) is 0 Å². The zero-order valence-corrected chi connectivity index (χ0v) is 22.8. The predicted molar refractivity (Wildman–Crippen MR) is 147 cm³/mol. The summed E-state index contributed by atoms with van der Waals surface area (Å²) in [6, 6.07) is 12.4. The van der Waals surface area contributed by atoms with E-state index in [0.29, 0.717) is 21.2 Å². The number of halogens is 4. The van der Waals surface area contributed by atoms with Gasteiger partial charge in [-0.05, 0) is 54.1 Å². The number of hydrogen-bond donors (Lipinski definition) is 1. The maximum Gasteiger partial charge on any atom is 0.416 e. The average Bonchev–Trinajstić information content (AvgIpc) is 3.40. The van der Waals surface area contributed by atoms with Gasteiger partial charge in [-0.2, -0.15) is 13.2 Å². The zero-order valence-electron chi connectivity index (χ0n) is 21.2. The molecule has 1 saturated heterocycles. The average molecular weight is 615 g/mol. The summed E-state index contributed by atoms with van der Waals surface area (Å²) in [5.74, 6) is -4.34. The summed E-state index contributed by atoms with van der Waals surface area (Å²) in [4.78, 5) is 58.4. The van der Waals surface area contributed by atoms with E-state index >= 15 is 0 Å². The highest BCUT2D eigenvalue weighted by Crippen LogP contribution is 2.54. The summed E-state index contributed by atoms with van der Waals surface area (Å²) in [5.41, 5.74) is -0.371. The molecule has 0 saturated carbocycles. The lowest BCUT2D eigenvalue weighted by Gasteiger charge is -2.30. The first-order valence-corrected chi connectivity index (χ1v) is 14.1. The molecule has 1 N–H and O–H groups in total. The Kier molecular flexibility index (Phi) is 6.97. The van der Waals surface area contributed by atoms with Gasteiger partial charge < -0.3 is 5.32 Å². The summed E-state index contributed by atoms with van der Waals surface area (Å²) in [5, 5.41) is 1.82. The Balaban J connectivity index is 1.39. The molecule has 2 aliphatic heterocycles. The number of aromatic nitrogens is 2. The van der Waals surface area contributed by atoms with E-state index in [1.54, 1.807) is 12.1 Å². The van der Waals surface area contributed by atoms with Gasteiger partial charge in [-0.1, -0.05) is 35.2 Å². The molecule has 2 aliphatic rings. The number of thioether (sulfide) groups is 1. The topological polar surface area (TPSA) is 101 Å². The third-order valence-corrected chi connectivity index (χ3v) is 9.56. The smallest absolute Gasteiger partial charge is 0.325 e. The molecule has 3 atom stereocenters. The van der Waals surface area contributed by atoms with Crippen molar-refractivity contribution in [1.82, 2.24) is 9.55 Å². The number of nitrogens with zero attached hydrogens (tertiary/aromatic N) is 3. The summed E-state index contributed by atoms with van der Waals surface area (Å²) in [6.45, 7) is -0.425. The second-order valence-corrected chi connectivity index (χ2v) is 11.7. The fourth-order valence-corrected chi connectivity index (χ4v) is 7.90. The summed E-state index contributed by atoms with van der Waals surface area (Å²) >= 11 is 1.76. The van der Waals surface area contributed by atoms with Gasteiger partial charge in [0.2, 0.25) is 17.7 Å². The number of benzene rings is 2. The van der Waals surface area contributed by atoms with Gasteiger partial charge in [0.05, 0.1) is 22.2 Å². The second-order valence-electron chi connectivity index (χ2n) is 9.57. The van der Waals surface area contributed by atoms with Crippen molar-refractivity contribution < 1.29 is 31.9 Å². The number of hydrogen-bond acceptors (Lipinski definition) is 7. The number of carbonyl (C=O) groups excluding carboxylic acids is 3. The Morgan fingerprint density at radius 3 is 2.45 bits per heavy atom. The molecule has 0 aliphatic carbocycles. The van der Waals surface area contributed by atoms with Gasteiger partial charge in [-0.25, -0.2) is 9.29 Å². The fourth-order valence-electron chi connectivity index (χ4n) is 5.13. The lowest BCUT2D eigenvalue weighted by Crippen LogP contribution is -2.33. The largest absolute Gasteiger partial charge is 0.416 e. The Morgan fingerprint density at radius 2 is 1.76 bits per heavy atom. The van der Waals surface area contributed by atoms with Gasteiger partial charge in [0.25, 0.3) is 0 Å². The van der Waals surface area contributed by atoms with E-state index in [1.165, 1.54) is 47.3 Å². The molecule has 8 nitrogen and oxygen atoms in total. The van der Waals surface area contributed by atoms with Crippen molar-refractivity contribution in [3.05, 3.63) is 105 Å². The van der Waals surface area contributed by atoms with E-state index < -0.39 is 63.8 Å². The first kappa shape index (κ1) is 27.8. The van der Waals surface area contributed by atoms with E-state index in [9.17, 15) is 36.7 Å². The Bertz CT molecular complexity index is 1770. The number of nitrogens with one attached hydrogen (secondary N) is 1. The normalized spacial score (nSPS) is 19.9. The van der Waals surface area contributed by atoms with Gasteiger partial charge in [0.15, 0.2) is 0 Å². The molecule has 6 rings (SSSR count). The third-order valence-electron chi connectivity index (χ3n) is 6.95. The maximum atomic E-state index is 13.8. The molecular weight excluding hydrogens is 596 g/mol. The number of fused-ring (bicyclic) bond motifs is 2. The Morgan fingerprint density at radius 1 is 1.00 bits per heavy atom. The Hall–Kier alpha value is -4.30. The lowest BCUT2D eigenvalue weighted by atomic mass is 9.84. The maximum absolute atomic E-state index is 13.8. The van der Waals surface area contributed by atoms with E-state index in [1.807, 2.05) is 0 Å². The van der Waals surface area contributed by atoms with Crippen LogP contribution in [0, 0.1) is 11.7 Å². The van der Waals surface area contributed by atoms with E-state index in [2.05, 4.69) is 10.3 Å². The van der Waals surface area contributed by atoms with E-state index in [4.69, 9.17) is 0 Å². The molecule has 14 heteroatoms. The van der Waals surface area contributed by atoms with Crippen molar-refractivity contribution in [2.24, 2.45) is 5.92 Å². The molecule has 2 aromatic carbocycles. The number of amides is 3.